The molecule has 21 heavy (non-hydrogen) atoms. The number of hydrogen-bond donors (Lipinski definition) is 1. The topological polar surface area (TPSA) is 27.6 Å². The second-order valence-corrected chi connectivity index (χ2v) is 6.11. The quantitative estimate of drug-likeness (QED) is 0.468. The fourth-order valence-electron chi connectivity index (χ4n) is 3.28. The first-order valence-electron chi connectivity index (χ1n) is 7.81. The van der Waals surface area contributed by atoms with Crippen molar-refractivity contribution in [3.63, 3.8) is 0 Å². The van der Waals surface area contributed by atoms with Crippen LogP contribution < -0.4 is 5.32 Å². The summed E-state index contributed by atoms with van der Waals surface area (Å²) in [5.41, 5.74) is 2.93. The van der Waals surface area contributed by atoms with Crippen molar-refractivity contribution in [1.82, 2.24) is 10.2 Å². The van der Waals surface area contributed by atoms with Gasteiger partial charge in [-0.05, 0) is 43.7 Å². The van der Waals surface area contributed by atoms with Crippen LogP contribution in [0.15, 0.2) is 29.3 Å². The van der Waals surface area contributed by atoms with E-state index in [0.29, 0.717) is 12.0 Å². The summed E-state index contributed by atoms with van der Waals surface area (Å²) in [7, 11) is 1.90. The van der Waals surface area contributed by atoms with Crippen molar-refractivity contribution in [3.05, 3.63) is 35.4 Å². The summed E-state index contributed by atoms with van der Waals surface area (Å²) in [6.45, 7) is 4.43. The SMILES string of the molecule is CN=C(NC1CCC1)N1CCC(c2ccccc2C)C1.I. The molecular weight excluding hydrogens is 373 g/mol. The Morgan fingerprint density at radius 2 is 2.00 bits per heavy atom. The van der Waals surface area contributed by atoms with Crippen LogP contribution in [0.3, 0.4) is 0 Å². The molecule has 1 saturated heterocycles. The molecule has 0 amide bonds. The number of benzene rings is 1. The van der Waals surface area contributed by atoms with Crippen molar-refractivity contribution in [2.45, 2.75) is 44.6 Å². The van der Waals surface area contributed by atoms with E-state index in [-0.39, 0.29) is 24.0 Å². The molecule has 2 fully saturated rings. The van der Waals surface area contributed by atoms with Crippen molar-refractivity contribution in [2.24, 2.45) is 4.99 Å². The molecule has 1 aromatic carbocycles. The van der Waals surface area contributed by atoms with Gasteiger partial charge in [-0.3, -0.25) is 4.99 Å². The highest BCUT2D eigenvalue weighted by Gasteiger charge is 2.28. The zero-order chi connectivity index (χ0) is 13.9. The minimum Gasteiger partial charge on any atom is -0.354 e. The van der Waals surface area contributed by atoms with Crippen LogP contribution in [0, 0.1) is 6.92 Å². The van der Waals surface area contributed by atoms with Crippen molar-refractivity contribution in [3.8, 4) is 0 Å². The Kier molecular flexibility index (Phi) is 5.90. The minimum absolute atomic E-state index is 0. The van der Waals surface area contributed by atoms with Crippen molar-refractivity contribution in [2.75, 3.05) is 20.1 Å². The number of nitrogens with zero attached hydrogens (tertiary/aromatic N) is 2. The van der Waals surface area contributed by atoms with E-state index >= 15 is 0 Å². The zero-order valence-corrected chi connectivity index (χ0v) is 15.3. The van der Waals surface area contributed by atoms with Crippen LogP contribution in [0.2, 0.25) is 0 Å². The highest BCUT2D eigenvalue weighted by atomic mass is 127. The molecular formula is C17H26IN3. The molecule has 4 heteroatoms. The molecule has 1 aliphatic carbocycles. The van der Waals surface area contributed by atoms with Gasteiger partial charge in [-0.1, -0.05) is 24.3 Å². The van der Waals surface area contributed by atoms with E-state index in [1.807, 2.05) is 7.05 Å². The molecule has 1 aliphatic heterocycles. The maximum atomic E-state index is 4.47. The zero-order valence-electron chi connectivity index (χ0n) is 13.0. The van der Waals surface area contributed by atoms with Crippen molar-refractivity contribution < 1.29 is 0 Å². The smallest absolute Gasteiger partial charge is 0.193 e. The normalized spacial score (nSPS) is 22.7. The number of aliphatic imine (C=N–C) groups is 1. The molecule has 1 N–H and O–H groups in total. The molecule has 0 bridgehead atoms. The maximum Gasteiger partial charge on any atom is 0.193 e. The summed E-state index contributed by atoms with van der Waals surface area (Å²) < 4.78 is 0. The Balaban J connectivity index is 0.00000161. The number of aryl methyl sites for hydroxylation is 1. The first kappa shape index (κ1) is 16.6. The second-order valence-electron chi connectivity index (χ2n) is 6.11. The van der Waals surface area contributed by atoms with E-state index in [1.54, 1.807) is 0 Å². The maximum absolute atomic E-state index is 4.47. The van der Waals surface area contributed by atoms with E-state index in [9.17, 15) is 0 Å². The van der Waals surface area contributed by atoms with E-state index in [2.05, 4.69) is 46.4 Å². The molecule has 1 atom stereocenters. The van der Waals surface area contributed by atoms with Crippen LogP contribution in [0.25, 0.3) is 0 Å². The second kappa shape index (κ2) is 7.47. The molecule has 0 radical (unpaired) electrons. The Morgan fingerprint density at radius 1 is 1.24 bits per heavy atom. The minimum atomic E-state index is 0. The number of rotatable bonds is 2. The Morgan fingerprint density at radius 3 is 2.62 bits per heavy atom. The summed E-state index contributed by atoms with van der Waals surface area (Å²) in [6, 6.07) is 9.45. The lowest BCUT2D eigenvalue weighted by Gasteiger charge is -2.31. The first-order valence-corrected chi connectivity index (χ1v) is 7.81. The van der Waals surface area contributed by atoms with Gasteiger partial charge in [0.05, 0.1) is 0 Å². The van der Waals surface area contributed by atoms with Crippen LogP contribution in [0.4, 0.5) is 0 Å². The van der Waals surface area contributed by atoms with Crippen LogP contribution in [0.1, 0.15) is 42.7 Å². The third-order valence-electron chi connectivity index (χ3n) is 4.77. The number of nitrogens with one attached hydrogen (secondary N) is 1. The van der Waals surface area contributed by atoms with E-state index in [4.69, 9.17) is 0 Å². The lowest BCUT2D eigenvalue weighted by Crippen LogP contribution is -2.47. The number of hydrogen-bond acceptors (Lipinski definition) is 1. The molecule has 1 heterocycles. The van der Waals surface area contributed by atoms with Crippen molar-refractivity contribution in [1.29, 1.82) is 0 Å². The summed E-state index contributed by atoms with van der Waals surface area (Å²) in [6.07, 6.45) is 5.19. The molecule has 0 aromatic heterocycles. The third kappa shape index (κ3) is 3.71. The monoisotopic (exact) mass is 399 g/mol. The fraction of sp³-hybridized carbons (Fsp3) is 0.588. The predicted octanol–water partition coefficient (Wildman–Crippen LogP) is 3.53. The average Bonchev–Trinajstić information content (AvgIpc) is 2.87. The van der Waals surface area contributed by atoms with Crippen LogP contribution in [-0.2, 0) is 0 Å². The highest BCUT2D eigenvalue weighted by molar-refractivity contribution is 14.0. The molecule has 2 aliphatic rings. The van der Waals surface area contributed by atoms with Crippen molar-refractivity contribution >= 4 is 29.9 Å². The van der Waals surface area contributed by atoms with E-state index in [1.165, 1.54) is 36.8 Å². The van der Waals surface area contributed by atoms with Gasteiger partial charge in [0.1, 0.15) is 0 Å². The standard InChI is InChI=1S/C17H25N3.HI/c1-13-6-3-4-9-16(13)14-10-11-20(12-14)17(18-2)19-15-7-5-8-15;/h3-4,6,9,14-15H,5,7-8,10-12H2,1-2H3,(H,18,19);1H. The van der Waals surface area contributed by atoms with Gasteiger partial charge < -0.3 is 10.2 Å². The molecule has 1 unspecified atom stereocenters. The van der Waals surface area contributed by atoms with Gasteiger partial charge in [0, 0.05) is 32.1 Å². The van der Waals surface area contributed by atoms with E-state index < -0.39 is 0 Å². The third-order valence-corrected chi connectivity index (χ3v) is 4.77. The van der Waals surface area contributed by atoms with Gasteiger partial charge in [-0.15, -0.1) is 24.0 Å². The molecule has 3 nitrogen and oxygen atoms in total. The first-order chi connectivity index (χ1) is 9.78. The summed E-state index contributed by atoms with van der Waals surface area (Å²) in [5, 5.41) is 3.61. The molecule has 116 valence electrons. The number of guanidine groups is 1. The average molecular weight is 399 g/mol. The predicted molar refractivity (Wildman–Crippen MR) is 99.7 cm³/mol. The highest BCUT2D eigenvalue weighted by Crippen LogP contribution is 2.29. The van der Waals surface area contributed by atoms with Crippen LogP contribution >= 0.6 is 24.0 Å². The summed E-state index contributed by atoms with van der Waals surface area (Å²) >= 11 is 0. The lowest BCUT2D eigenvalue weighted by molar-refractivity contribution is 0.361. The van der Waals surface area contributed by atoms with Crippen LogP contribution in [0.5, 0.6) is 0 Å². The Hall–Kier alpha value is -0.780. The molecule has 0 spiro atoms. The largest absolute Gasteiger partial charge is 0.354 e. The summed E-state index contributed by atoms with van der Waals surface area (Å²) in [4.78, 5) is 6.90. The van der Waals surface area contributed by atoms with Gasteiger partial charge in [0.15, 0.2) is 5.96 Å². The Bertz CT molecular complexity index is 497. The van der Waals surface area contributed by atoms with Gasteiger partial charge in [-0.2, -0.15) is 0 Å². The van der Waals surface area contributed by atoms with Crippen LogP contribution in [-0.4, -0.2) is 37.0 Å². The summed E-state index contributed by atoms with van der Waals surface area (Å²) in [5.74, 6) is 1.75. The Labute approximate surface area is 145 Å². The van der Waals surface area contributed by atoms with Gasteiger partial charge in [0.2, 0.25) is 0 Å². The number of likely N-dealkylation sites (tertiary alicyclic amines) is 1. The molecule has 3 rings (SSSR count). The van der Waals surface area contributed by atoms with E-state index in [0.717, 1.165) is 19.0 Å². The fourth-order valence-corrected chi connectivity index (χ4v) is 3.28. The van der Waals surface area contributed by atoms with Gasteiger partial charge >= 0.3 is 0 Å². The van der Waals surface area contributed by atoms with Gasteiger partial charge in [-0.25, -0.2) is 0 Å². The van der Waals surface area contributed by atoms with Gasteiger partial charge in [0.25, 0.3) is 0 Å². The molecule has 1 aromatic rings. The lowest BCUT2D eigenvalue weighted by atomic mass is 9.93. The number of halogens is 1. The molecule has 1 saturated carbocycles.